The van der Waals surface area contributed by atoms with E-state index in [0.29, 0.717) is 5.75 Å². The molecule has 0 saturated carbocycles. The van der Waals surface area contributed by atoms with Crippen molar-refractivity contribution in [3.8, 4) is 5.75 Å². The van der Waals surface area contributed by atoms with Gasteiger partial charge in [-0.3, -0.25) is 4.98 Å². The topological polar surface area (TPSA) is 34.5 Å². The van der Waals surface area contributed by atoms with E-state index in [2.05, 4.69) is 17.1 Å². The van der Waals surface area contributed by atoms with Crippen molar-refractivity contribution in [3.63, 3.8) is 0 Å². The fourth-order valence-corrected chi connectivity index (χ4v) is 1.20. The molecule has 3 heteroatoms. The highest BCUT2D eigenvalue weighted by atomic mass is 16.6. The number of fused-ring (bicyclic) bond motifs is 1. The van der Waals surface area contributed by atoms with Crippen LogP contribution < -0.4 is 4.84 Å². The Morgan fingerprint density at radius 1 is 1.36 bits per heavy atom. The molecule has 14 heavy (non-hydrogen) atoms. The third-order valence-corrected chi connectivity index (χ3v) is 1.80. The van der Waals surface area contributed by atoms with E-state index in [-0.39, 0.29) is 0 Å². The van der Waals surface area contributed by atoms with Gasteiger partial charge in [0.05, 0.1) is 11.7 Å². The van der Waals surface area contributed by atoms with Crippen LogP contribution in [0.3, 0.4) is 0 Å². The molecule has 69 valence electrons. The fourth-order valence-electron chi connectivity index (χ4n) is 1.20. The number of benzene rings is 1. The molecule has 0 unspecified atom stereocenters. The molecule has 0 bridgehead atoms. The Bertz CT molecular complexity index is 466. The molecule has 0 amide bonds. The van der Waals surface area contributed by atoms with E-state index in [1.165, 1.54) is 6.21 Å². The lowest BCUT2D eigenvalue weighted by atomic mass is 10.2. The van der Waals surface area contributed by atoms with E-state index in [0.717, 1.165) is 10.9 Å². The molecular weight excluding hydrogens is 176 g/mol. The second-order valence-corrected chi connectivity index (χ2v) is 2.74. The summed E-state index contributed by atoms with van der Waals surface area (Å²) in [7, 11) is 0. The zero-order valence-corrected chi connectivity index (χ0v) is 7.55. The maximum atomic E-state index is 5.01. The van der Waals surface area contributed by atoms with Gasteiger partial charge in [0.1, 0.15) is 0 Å². The Morgan fingerprint density at radius 2 is 2.21 bits per heavy atom. The van der Waals surface area contributed by atoms with E-state index in [9.17, 15) is 0 Å². The Morgan fingerprint density at radius 3 is 3.07 bits per heavy atom. The molecule has 1 aromatic heterocycles. The van der Waals surface area contributed by atoms with E-state index in [1.54, 1.807) is 6.20 Å². The summed E-state index contributed by atoms with van der Waals surface area (Å²) >= 11 is 0. The smallest absolute Gasteiger partial charge is 0.176 e. The van der Waals surface area contributed by atoms with Gasteiger partial charge in [0.2, 0.25) is 0 Å². The Kier molecular flexibility index (Phi) is 2.40. The summed E-state index contributed by atoms with van der Waals surface area (Å²) in [6.45, 7) is 3.43. The molecule has 0 aliphatic heterocycles. The number of para-hydroxylation sites is 1. The van der Waals surface area contributed by atoms with E-state index in [4.69, 9.17) is 4.84 Å². The largest absolute Gasteiger partial charge is 0.356 e. The summed E-state index contributed by atoms with van der Waals surface area (Å²) < 4.78 is 0. The maximum absolute atomic E-state index is 5.01. The van der Waals surface area contributed by atoms with Crippen molar-refractivity contribution < 1.29 is 4.84 Å². The third-order valence-electron chi connectivity index (χ3n) is 1.80. The second-order valence-electron chi connectivity index (χ2n) is 2.74. The SMILES string of the molecule is [CH2]/C=N\Oc1cnc2ccccc2c1. The Balaban J connectivity index is 2.41. The monoisotopic (exact) mass is 185 g/mol. The lowest BCUT2D eigenvalue weighted by Gasteiger charge is -1.99. The van der Waals surface area contributed by atoms with Gasteiger partial charge in [-0.25, -0.2) is 0 Å². The quantitative estimate of drug-likeness (QED) is 0.532. The fraction of sp³-hybridized carbons (Fsp3) is 0. The van der Waals surface area contributed by atoms with Crippen LogP contribution in [-0.4, -0.2) is 11.2 Å². The molecule has 0 spiro atoms. The first-order valence-electron chi connectivity index (χ1n) is 4.23. The molecule has 0 saturated heterocycles. The summed E-state index contributed by atoms with van der Waals surface area (Å²) in [6, 6.07) is 9.71. The summed E-state index contributed by atoms with van der Waals surface area (Å²) in [5.41, 5.74) is 0.943. The van der Waals surface area contributed by atoms with Crippen LogP contribution in [0.2, 0.25) is 0 Å². The van der Waals surface area contributed by atoms with Gasteiger partial charge in [-0.2, -0.15) is 0 Å². The van der Waals surface area contributed by atoms with E-state index >= 15 is 0 Å². The molecule has 0 fully saturated rings. The minimum absolute atomic E-state index is 0.614. The lowest BCUT2D eigenvalue weighted by Crippen LogP contribution is -1.85. The van der Waals surface area contributed by atoms with Crippen LogP contribution in [0.5, 0.6) is 5.75 Å². The minimum Gasteiger partial charge on any atom is -0.356 e. The van der Waals surface area contributed by atoms with Crippen LogP contribution in [-0.2, 0) is 0 Å². The first-order valence-corrected chi connectivity index (χ1v) is 4.23. The summed E-state index contributed by atoms with van der Waals surface area (Å²) in [5, 5.41) is 4.60. The molecule has 0 aliphatic carbocycles. The van der Waals surface area contributed by atoms with Gasteiger partial charge < -0.3 is 4.84 Å². The van der Waals surface area contributed by atoms with Crippen molar-refractivity contribution in [2.45, 2.75) is 0 Å². The number of hydrogen-bond acceptors (Lipinski definition) is 3. The van der Waals surface area contributed by atoms with Crippen molar-refractivity contribution in [3.05, 3.63) is 43.5 Å². The van der Waals surface area contributed by atoms with E-state index in [1.807, 2.05) is 30.3 Å². The summed E-state index contributed by atoms with van der Waals surface area (Å²) in [4.78, 5) is 9.22. The number of oxime groups is 1. The Labute approximate surface area is 82.0 Å². The van der Waals surface area contributed by atoms with Crippen LogP contribution in [0.25, 0.3) is 10.9 Å². The number of pyridine rings is 1. The third kappa shape index (κ3) is 1.71. The highest BCUT2D eigenvalue weighted by Crippen LogP contribution is 2.17. The van der Waals surface area contributed by atoms with Crippen molar-refractivity contribution in [2.75, 3.05) is 0 Å². The molecule has 3 nitrogen and oxygen atoms in total. The van der Waals surface area contributed by atoms with E-state index < -0.39 is 0 Å². The standard InChI is InChI=1S/C11H9N2O/c1-2-13-14-10-7-9-5-3-4-6-11(9)12-8-10/h2-8H,1H2/b13-2-. The van der Waals surface area contributed by atoms with Crippen LogP contribution in [0.1, 0.15) is 0 Å². The number of aromatic nitrogens is 1. The first-order chi connectivity index (χ1) is 6.90. The van der Waals surface area contributed by atoms with Crippen LogP contribution >= 0.6 is 0 Å². The number of nitrogens with zero attached hydrogens (tertiary/aromatic N) is 2. The molecular formula is C11H9N2O. The molecule has 1 aromatic carbocycles. The van der Waals surface area contributed by atoms with Gasteiger partial charge in [0.25, 0.3) is 0 Å². The highest BCUT2D eigenvalue weighted by molar-refractivity contribution is 5.79. The van der Waals surface area contributed by atoms with Crippen molar-refractivity contribution in [2.24, 2.45) is 5.16 Å². The van der Waals surface area contributed by atoms with Gasteiger partial charge in [-0.05, 0) is 19.1 Å². The zero-order valence-electron chi connectivity index (χ0n) is 7.55. The van der Waals surface area contributed by atoms with Crippen molar-refractivity contribution in [1.82, 2.24) is 4.98 Å². The molecule has 1 heterocycles. The van der Waals surface area contributed by atoms with Gasteiger partial charge in [0, 0.05) is 11.6 Å². The zero-order chi connectivity index (χ0) is 9.80. The lowest BCUT2D eigenvalue weighted by molar-refractivity contribution is 0.343. The van der Waals surface area contributed by atoms with Crippen LogP contribution in [0, 0.1) is 6.92 Å². The first kappa shape index (κ1) is 8.69. The normalized spacial score (nSPS) is 10.9. The molecule has 0 N–H and O–H groups in total. The van der Waals surface area contributed by atoms with Crippen molar-refractivity contribution >= 4 is 17.1 Å². The van der Waals surface area contributed by atoms with Crippen molar-refractivity contribution in [1.29, 1.82) is 0 Å². The Hall–Kier alpha value is -1.90. The predicted molar refractivity (Wildman–Crippen MR) is 56.2 cm³/mol. The molecule has 1 radical (unpaired) electrons. The summed E-state index contributed by atoms with van der Waals surface area (Å²) in [6.07, 6.45) is 2.98. The molecule has 2 rings (SSSR count). The maximum Gasteiger partial charge on any atom is 0.176 e. The molecule has 2 aromatic rings. The minimum atomic E-state index is 0.614. The van der Waals surface area contributed by atoms with Gasteiger partial charge >= 0.3 is 0 Å². The van der Waals surface area contributed by atoms with Gasteiger partial charge in [-0.1, -0.05) is 23.4 Å². The summed E-state index contributed by atoms with van der Waals surface area (Å²) in [5.74, 6) is 0.614. The molecule has 0 atom stereocenters. The van der Waals surface area contributed by atoms with Gasteiger partial charge in [-0.15, -0.1) is 0 Å². The second kappa shape index (κ2) is 3.87. The van der Waals surface area contributed by atoms with Crippen LogP contribution in [0.4, 0.5) is 0 Å². The molecule has 0 aliphatic rings. The van der Waals surface area contributed by atoms with Gasteiger partial charge in [0.15, 0.2) is 5.75 Å². The highest BCUT2D eigenvalue weighted by Gasteiger charge is 1.96. The van der Waals surface area contributed by atoms with Crippen LogP contribution in [0.15, 0.2) is 41.7 Å². The number of rotatable bonds is 2. The predicted octanol–water partition coefficient (Wildman–Crippen LogP) is 2.43. The number of hydrogen-bond donors (Lipinski definition) is 0. The average molecular weight is 185 g/mol. The average Bonchev–Trinajstić information content (AvgIpc) is 2.26.